The molecular weight excluding hydrogens is 534 g/mol. The van der Waals surface area contributed by atoms with Crippen molar-refractivity contribution in [3.05, 3.63) is 60.8 Å². The van der Waals surface area contributed by atoms with Crippen LogP contribution in [0.1, 0.15) is 5.56 Å². The van der Waals surface area contributed by atoms with E-state index >= 15 is 0 Å². The summed E-state index contributed by atoms with van der Waals surface area (Å²) in [6.07, 6.45) is 1.65. The number of imide groups is 1. The van der Waals surface area contributed by atoms with Crippen molar-refractivity contribution in [1.82, 2.24) is 4.90 Å². The van der Waals surface area contributed by atoms with Crippen LogP contribution in [0.4, 0.5) is 4.79 Å². The Hall–Kier alpha value is -1.48. The van der Waals surface area contributed by atoms with Crippen LogP contribution in [0.15, 0.2) is 50.2 Å². The summed E-state index contributed by atoms with van der Waals surface area (Å²) in [5, 5.41) is 0.280. The molecule has 1 fully saturated rings. The van der Waals surface area contributed by atoms with E-state index in [1.165, 1.54) is 4.90 Å². The molecule has 2 amide bonds. The van der Waals surface area contributed by atoms with Crippen LogP contribution >= 0.6 is 55.2 Å². The van der Waals surface area contributed by atoms with Crippen LogP contribution in [0.3, 0.4) is 0 Å². The molecule has 28 heavy (non-hydrogen) atoms. The van der Waals surface area contributed by atoms with Crippen LogP contribution in [0.25, 0.3) is 6.08 Å². The minimum atomic E-state index is -0.354. The summed E-state index contributed by atoms with van der Waals surface area (Å²) in [7, 11) is 1.55. The number of halogens is 3. The quantitative estimate of drug-likeness (QED) is 0.416. The van der Waals surface area contributed by atoms with Gasteiger partial charge in [-0.2, -0.15) is 0 Å². The molecule has 146 valence electrons. The van der Waals surface area contributed by atoms with Crippen LogP contribution in [0.2, 0.25) is 5.02 Å². The molecule has 0 unspecified atom stereocenters. The molecule has 1 aliphatic heterocycles. The maximum atomic E-state index is 12.7. The average Bonchev–Trinajstić information content (AvgIpc) is 2.90. The zero-order valence-corrected chi connectivity index (χ0v) is 19.3. The number of hydrogen-bond acceptors (Lipinski definition) is 5. The molecule has 0 aliphatic carbocycles. The second kappa shape index (κ2) is 9.35. The smallest absolute Gasteiger partial charge is 0.293 e. The highest BCUT2D eigenvalue weighted by Gasteiger charge is 2.35. The van der Waals surface area contributed by atoms with Crippen molar-refractivity contribution in [3.63, 3.8) is 0 Å². The minimum absolute atomic E-state index is 0.157. The first kappa shape index (κ1) is 21.2. The second-order valence-electron chi connectivity index (χ2n) is 5.65. The number of methoxy groups -OCH3 is 1. The van der Waals surface area contributed by atoms with Gasteiger partial charge < -0.3 is 9.47 Å². The molecule has 3 rings (SSSR count). The van der Waals surface area contributed by atoms with Crippen molar-refractivity contribution < 1.29 is 19.1 Å². The van der Waals surface area contributed by atoms with E-state index in [1.54, 1.807) is 37.5 Å². The Balaban J connectivity index is 1.71. The van der Waals surface area contributed by atoms with E-state index in [9.17, 15) is 9.59 Å². The van der Waals surface area contributed by atoms with E-state index in [0.29, 0.717) is 27.0 Å². The van der Waals surface area contributed by atoms with Crippen molar-refractivity contribution in [3.8, 4) is 11.5 Å². The molecule has 2 aromatic rings. The summed E-state index contributed by atoms with van der Waals surface area (Å²) < 4.78 is 12.5. The number of carbonyl (C=O) groups excluding carboxylic acids is 2. The first-order valence-electron chi connectivity index (χ1n) is 8.06. The fraction of sp³-hybridized carbons (Fsp3) is 0.158. The Morgan fingerprint density at radius 2 is 1.89 bits per heavy atom. The zero-order valence-electron chi connectivity index (χ0n) is 14.6. The molecule has 9 heteroatoms. The lowest BCUT2D eigenvalue weighted by Crippen LogP contribution is -2.32. The highest BCUT2D eigenvalue weighted by Crippen LogP contribution is 2.38. The molecule has 0 radical (unpaired) electrons. The molecule has 0 atom stereocenters. The van der Waals surface area contributed by atoms with Crippen LogP contribution in [-0.4, -0.2) is 36.3 Å². The predicted octanol–water partition coefficient (Wildman–Crippen LogP) is 5.99. The molecule has 1 aliphatic rings. The molecule has 0 saturated carbocycles. The first-order chi connectivity index (χ1) is 13.4. The van der Waals surface area contributed by atoms with Crippen molar-refractivity contribution >= 4 is 72.4 Å². The second-order valence-corrected chi connectivity index (χ2v) is 8.85. The summed E-state index contributed by atoms with van der Waals surface area (Å²) in [6.45, 7) is 0.350. The van der Waals surface area contributed by atoms with Crippen LogP contribution < -0.4 is 9.47 Å². The summed E-state index contributed by atoms with van der Waals surface area (Å²) in [6, 6.07) is 10.5. The number of thioether (sulfide) groups is 1. The normalized spacial score (nSPS) is 15.4. The molecule has 0 N–H and O–H groups in total. The SMILES string of the molecule is COc1c(Br)cc(Br)cc1/C=C1\SC(=O)N(CCOc2ccc(Cl)cc2)C1=O. The summed E-state index contributed by atoms with van der Waals surface area (Å²) >= 11 is 13.6. The van der Waals surface area contributed by atoms with Gasteiger partial charge in [-0.05, 0) is 70.2 Å². The molecule has 0 spiro atoms. The Kier molecular flexibility index (Phi) is 7.09. The summed E-state index contributed by atoms with van der Waals surface area (Å²) in [5.74, 6) is 0.851. The average molecular weight is 548 g/mol. The third-order valence-corrected chi connectivity index (χ3v) is 6.00. The van der Waals surface area contributed by atoms with Gasteiger partial charge in [-0.1, -0.05) is 27.5 Å². The number of rotatable bonds is 6. The van der Waals surface area contributed by atoms with Crippen molar-refractivity contribution in [2.75, 3.05) is 20.3 Å². The number of amides is 2. The van der Waals surface area contributed by atoms with Gasteiger partial charge in [0.2, 0.25) is 0 Å². The van der Waals surface area contributed by atoms with E-state index in [0.717, 1.165) is 20.7 Å². The van der Waals surface area contributed by atoms with Gasteiger partial charge >= 0.3 is 0 Å². The lowest BCUT2D eigenvalue weighted by molar-refractivity contribution is -0.123. The Morgan fingerprint density at radius 1 is 1.18 bits per heavy atom. The molecule has 2 aromatic carbocycles. The predicted molar refractivity (Wildman–Crippen MR) is 118 cm³/mol. The largest absolute Gasteiger partial charge is 0.495 e. The highest BCUT2D eigenvalue weighted by atomic mass is 79.9. The van der Waals surface area contributed by atoms with Gasteiger partial charge in [-0.3, -0.25) is 14.5 Å². The number of benzene rings is 2. The van der Waals surface area contributed by atoms with Gasteiger partial charge in [-0.25, -0.2) is 0 Å². The van der Waals surface area contributed by atoms with Crippen LogP contribution in [0, 0.1) is 0 Å². The summed E-state index contributed by atoms with van der Waals surface area (Å²) in [4.78, 5) is 26.4. The molecule has 0 aromatic heterocycles. The lowest BCUT2D eigenvalue weighted by Gasteiger charge is -2.13. The molecular formula is C19H14Br2ClNO4S. The van der Waals surface area contributed by atoms with Gasteiger partial charge in [0.1, 0.15) is 18.1 Å². The van der Waals surface area contributed by atoms with E-state index in [1.807, 2.05) is 12.1 Å². The highest BCUT2D eigenvalue weighted by molar-refractivity contribution is 9.11. The number of nitrogens with zero attached hydrogens (tertiary/aromatic N) is 1. The van der Waals surface area contributed by atoms with Crippen molar-refractivity contribution in [2.45, 2.75) is 0 Å². The van der Waals surface area contributed by atoms with E-state index < -0.39 is 0 Å². The van der Waals surface area contributed by atoms with Crippen molar-refractivity contribution in [2.24, 2.45) is 0 Å². The zero-order chi connectivity index (χ0) is 20.3. The minimum Gasteiger partial charge on any atom is -0.495 e. The number of carbonyl (C=O) groups is 2. The fourth-order valence-electron chi connectivity index (χ4n) is 2.52. The first-order valence-corrected chi connectivity index (χ1v) is 10.8. The third-order valence-electron chi connectivity index (χ3n) is 3.80. The van der Waals surface area contributed by atoms with Crippen LogP contribution in [-0.2, 0) is 4.79 Å². The Bertz CT molecular complexity index is 950. The van der Waals surface area contributed by atoms with Crippen molar-refractivity contribution in [1.29, 1.82) is 0 Å². The van der Waals surface area contributed by atoms with Gasteiger partial charge in [-0.15, -0.1) is 0 Å². The Labute approximate surface area is 188 Å². The Morgan fingerprint density at radius 3 is 2.57 bits per heavy atom. The van der Waals surface area contributed by atoms with E-state index in [-0.39, 0.29) is 24.3 Å². The maximum absolute atomic E-state index is 12.7. The van der Waals surface area contributed by atoms with Gasteiger partial charge in [0.05, 0.1) is 23.0 Å². The van der Waals surface area contributed by atoms with Gasteiger partial charge in [0.15, 0.2) is 0 Å². The standard InChI is InChI=1S/C19H14Br2ClNO4S/c1-26-17-11(8-12(20)10-15(17)21)9-16-18(24)23(19(25)28-16)6-7-27-14-4-2-13(22)3-5-14/h2-5,8-10H,6-7H2,1H3/b16-9-. The molecule has 1 saturated heterocycles. The monoisotopic (exact) mass is 545 g/mol. The summed E-state index contributed by atoms with van der Waals surface area (Å²) in [5.41, 5.74) is 0.687. The number of ether oxygens (including phenoxy) is 2. The maximum Gasteiger partial charge on any atom is 0.293 e. The molecule has 0 bridgehead atoms. The van der Waals surface area contributed by atoms with E-state index in [4.69, 9.17) is 21.1 Å². The van der Waals surface area contributed by atoms with Gasteiger partial charge in [0.25, 0.3) is 11.1 Å². The molecule has 5 nitrogen and oxygen atoms in total. The van der Waals surface area contributed by atoms with Gasteiger partial charge in [0, 0.05) is 15.1 Å². The topological polar surface area (TPSA) is 55.8 Å². The lowest BCUT2D eigenvalue weighted by atomic mass is 10.2. The van der Waals surface area contributed by atoms with E-state index in [2.05, 4.69) is 31.9 Å². The third kappa shape index (κ3) is 4.92. The number of hydrogen-bond donors (Lipinski definition) is 0. The fourth-order valence-corrected chi connectivity index (χ4v) is 4.92. The van der Waals surface area contributed by atoms with Crippen LogP contribution in [0.5, 0.6) is 11.5 Å². The molecule has 1 heterocycles.